The summed E-state index contributed by atoms with van der Waals surface area (Å²) in [6.45, 7) is 3.98. The Morgan fingerprint density at radius 3 is 2.74 bits per heavy atom. The molecule has 0 unspecified atom stereocenters. The largest absolute Gasteiger partial charge is 0.379 e. The number of para-hydroxylation sites is 1. The Morgan fingerprint density at radius 1 is 1.26 bits per heavy atom. The number of amides is 1. The van der Waals surface area contributed by atoms with E-state index < -0.39 is 0 Å². The first-order chi connectivity index (χ1) is 15.1. The molecule has 0 spiro atoms. The van der Waals surface area contributed by atoms with Gasteiger partial charge in [-0.25, -0.2) is 15.1 Å². The zero-order valence-corrected chi connectivity index (χ0v) is 18.2. The summed E-state index contributed by atoms with van der Waals surface area (Å²) in [7, 11) is 3.44. The molecule has 2 aromatic rings. The Kier molecular flexibility index (Phi) is 8.13. The van der Waals surface area contributed by atoms with Crippen LogP contribution >= 0.6 is 0 Å². The molecule has 0 atom stereocenters. The Morgan fingerprint density at radius 2 is 2.03 bits per heavy atom. The molecule has 1 amide bonds. The maximum absolute atomic E-state index is 12.6. The number of carbonyl (C=O) groups is 1. The summed E-state index contributed by atoms with van der Waals surface area (Å²) in [5.41, 5.74) is 13.5. The Hall–Kier alpha value is -3.24. The highest BCUT2D eigenvalue weighted by atomic mass is 16.2. The lowest BCUT2D eigenvalue weighted by Gasteiger charge is -2.21. The summed E-state index contributed by atoms with van der Waals surface area (Å²) in [5.74, 6) is -0.191. The topological polar surface area (TPSA) is 116 Å². The number of likely N-dealkylation sites (tertiary alicyclic amines) is 1. The summed E-state index contributed by atoms with van der Waals surface area (Å²) in [6.07, 6.45) is 6.05. The fourth-order valence-corrected chi connectivity index (χ4v) is 3.41. The number of hydrazine groups is 1. The lowest BCUT2D eigenvalue weighted by atomic mass is 10.2. The molecule has 0 radical (unpaired) electrons. The second-order valence-corrected chi connectivity index (χ2v) is 7.37. The number of guanidine groups is 1. The third-order valence-corrected chi connectivity index (χ3v) is 5.12. The minimum Gasteiger partial charge on any atom is -0.379 e. The quantitative estimate of drug-likeness (QED) is 0.335. The van der Waals surface area contributed by atoms with Crippen molar-refractivity contribution in [3.05, 3.63) is 48.3 Å². The average Bonchev–Trinajstić information content (AvgIpc) is 3.50. The number of aliphatic imine (C=N–C) groups is 2. The van der Waals surface area contributed by atoms with Crippen LogP contribution in [0.3, 0.4) is 0 Å². The van der Waals surface area contributed by atoms with E-state index in [9.17, 15) is 4.79 Å². The molecule has 31 heavy (non-hydrogen) atoms. The van der Waals surface area contributed by atoms with Crippen molar-refractivity contribution < 1.29 is 4.79 Å². The third kappa shape index (κ3) is 6.37. The monoisotopic (exact) mass is 425 g/mol. The molecule has 1 aliphatic rings. The summed E-state index contributed by atoms with van der Waals surface area (Å²) in [6, 6.07) is 9.70. The van der Waals surface area contributed by atoms with Crippen LogP contribution in [0, 0.1) is 0 Å². The van der Waals surface area contributed by atoms with Gasteiger partial charge >= 0.3 is 0 Å². The third-order valence-electron chi connectivity index (χ3n) is 5.12. The van der Waals surface area contributed by atoms with E-state index in [4.69, 9.17) is 5.73 Å². The predicted octanol–water partition coefficient (Wildman–Crippen LogP) is 0.364. The van der Waals surface area contributed by atoms with Crippen LogP contribution in [0.2, 0.25) is 0 Å². The number of carbonyl (C=O) groups excluding carboxylic acids is 1. The van der Waals surface area contributed by atoms with Crippen molar-refractivity contribution in [3.63, 3.8) is 0 Å². The van der Waals surface area contributed by atoms with Gasteiger partial charge in [-0.1, -0.05) is 18.2 Å². The molecule has 4 N–H and O–H groups in total. The van der Waals surface area contributed by atoms with E-state index >= 15 is 0 Å². The molecule has 1 aromatic heterocycles. The van der Waals surface area contributed by atoms with Crippen LogP contribution in [0.5, 0.6) is 0 Å². The fourth-order valence-electron chi connectivity index (χ4n) is 3.41. The van der Waals surface area contributed by atoms with E-state index in [1.807, 2.05) is 36.5 Å². The smallest absolute Gasteiger partial charge is 0.288 e. The standard InChI is InChI=1S/C21H31N9O/c1-23-27-21(24-16-17-8-3-4-9-18(17)30-13-7-10-25-30)26-19(22)20(31)28(2)14-15-29-11-5-6-12-29/h3-4,7-10,13,23H,5-6,11-12,14-16H2,1-2H3,(H3,22,24,26,27). The van der Waals surface area contributed by atoms with Gasteiger partial charge in [0.25, 0.3) is 5.91 Å². The molecular weight excluding hydrogens is 394 g/mol. The number of likely N-dealkylation sites (N-methyl/N-ethyl adjacent to an activating group) is 1. The highest BCUT2D eigenvalue weighted by Crippen LogP contribution is 2.14. The van der Waals surface area contributed by atoms with Crippen molar-refractivity contribution in [2.45, 2.75) is 19.4 Å². The minimum absolute atomic E-state index is 0.106. The SMILES string of the molecule is CNNC(=NCc1ccccc1-n1cccn1)N=C(N)C(=O)N(C)CCN1CCCC1. The van der Waals surface area contributed by atoms with Gasteiger partial charge in [-0.3, -0.25) is 10.2 Å². The van der Waals surface area contributed by atoms with E-state index in [1.54, 1.807) is 29.9 Å². The van der Waals surface area contributed by atoms with Crippen molar-refractivity contribution in [2.24, 2.45) is 15.7 Å². The Bertz CT molecular complexity index is 901. The zero-order chi connectivity index (χ0) is 22.1. The number of hydrogen-bond donors (Lipinski definition) is 3. The number of aromatic nitrogens is 2. The lowest BCUT2D eigenvalue weighted by Crippen LogP contribution is -2.43. The molecule has 1 aliphatic heterocycles. The van der Waals surface area contributed by atoms with Crippen molar-refractivity contribution in [3.8, 4) is 5.69 Å². The normalized spacial score (nSPS) is 15.3. The molecular formula is C21H31N9O. The minimum atomic E-state index is -0.318. The number of nitrogens with zero attached hydrogens (tertiary/aromatic N) is 6. The number of nitrogens with one attached hydrogen (secondary N) is 2. The number of amidine groups is 1. The van der Waals surface area contributed by atoms with Gasteiger partial charge in [0, 0.05) is 39.6 Å². The van der Waals surface area contributed by atoms with Gasteiger partial charge < -0.3 is 15.5 Å². The van der Waals surface area contributed by atoms with Gasteiger partial charge in [-0.05, 0) is 43.6 Å². The highest BCUT2D eigenvalue weighted by Gasteiger charge is 2.17. The van der Waals surface area contributed by atoms with Crippen LogP contribution in [-0.2, 0) is 11.3 Å². The van der Waals surface area contributed by atoms with Crippen LogP contribution in [0.25, 0.3) is 5.69 Å². The van der Waals surface area contributed by atoms with Gasteiger partial charge in [-0.15, -0.1) is 0 Å². The number of nitrogens with two attached hydrogens (primary N) is 1. The van der Waals surface area contributed by atoms with Crippen molar-refractivity contribution in [2.75, 3.05) is 40.3 Å². The summed E-state index contributed by atoms with van der Waals surface area (Å²) in [5, 5.41) is 4.29. The van der Waals surface area contributed by atoms with Gasteiger partial charge in [0.15, 0.2) is 5.84 Å². The highest BCUT2D eigenvalue weighted by molar-refractivity contribution is 6.38. The molecule has 10 nitrogen and oxygen atoms in total. The van der Waals surface area contributed by atoms with Crippen LogP contribution in [0.1, 0.15) is 18.4 Å². The zero-order valence-electron chi connectivity index (χ0n) is 18.2. The van der Waals surface area contributed by atoms with E-state index in [-0.39, 0.29) is 17.7 Å². The Labute approximate surface area is 182 Å². The molecule has 0 saturated carbocycles. The van der Waals surface area contributed by atoms with Crippen LogP contribution in [-0.4, -0.2) is 77.6 Å². The van der Waals surface area contributed by atoms with E-state index in [0.717, 1.165) is 30.9 Å². The second-order valence-electron chi connectivity index (χ2n) is 7.37. The first kappa shape index (κ1) is 22.4. The second kappa shape index (κ2) is 11.2. The van der Waals surface area contributed by atoms with Crippen LogP contribution in [0.15, 0.2) is 52.7 Å². The first-order valence-electron chi connectivity index (χ1n) is 10.5. The van der Waals surface area contributed by atoms with E-state index in [0.29, 0.717) is 13.1 Å². The van der Waals surface area contributed by atoms with Crippen molar-refractivity contribution >= 4 is 17.7 Å². The number of hydrogen-bond acceptors (Lipinski definition) is 5. The molecule has 0 bridgehead atoms. The molecule has 1 fully saturated rings. The van der Waals surface area contributed by atoms with Crippen molar-refractivity contribution in [1.82, 2.24) is 30.4 Å². The fraction of sp³-hybridized carbons (Fsp3) is 0.429. The van der Waals surface area contributed by atoms with E-state index in [2.05, 4.69) is 30.8 Å². The lowest BCUT2D eigenvalue weighted by molar-refractivity contribution is -0.123. The van der Waals surface area contributed by atoms with Gasteiger partial charge in [-0.2, -0.15) is 10.1 Å². The maximum atomic E-state index is 12.6. The van der Waals surface area contributed by atoms with E-state index in [1.165, 1.54) is 12.8 Å². The predicted molar refractivity (Wildman–Crippen MR) is 122 cm³/mol. The Balaban J connectivity index is 1.67. The number of benzene rings is 1. The first-order valence-corrected chi connectivity index (χ1v) is 10.5. The maximum Gasteiger partial charge on any atom is 0.288 e. The summed E-state index contributed by atoms with van der Waals surface area (Å²) >= 11 is 0. The molecule has 2 heterocycles. The van der Waals surface area contributed by atoms with Gasteiger partial charge in [0.2, 0.25) is 5.96 Å². The summed E-state index contributed by atoms with van der Waals surface area (Å²) < 4.78 is 1.78. The van der Waals surface area contributed by atoms with Crippen LogP contribution in [0.4, 0.5) is 0 Å². The molecule has 10 heteroatoms. The summed E-state index contributed by atoms with van der Waals surface area (Å²) in [4.78, 5) is 25.3. The van der Waals surface area contributed by atoms with Crippen molar-refractivity contribution in [1.29, 1.82) is 0 Å². The van der Waals surface area contributed by atoms with Gasteiger partial charge in [0.1, 0.15) is 0 Å². The van der Waals surface area contributed by atoms with Crippen LogP contribution < -0.4 is 16.6 Å². The molecule has 3 rings (SSSR count). The van der Waals surface area contributed by atoms with Gasteiger partial charge in [0.05, 0.1) is 12.2 Å². The molecule has 0 aliphatic carbocycles. The molecule has 1 saturated heterocycles. The molecule has 1 aromatic carbocycles. The molecule has 166 valence electrons. The average molecular weight is 426 g/mol. The number of rotatable bonds is 7.